The van der Waals surface area contributed by atoms with Crippen LogP contribution in [-0.2, 0) is 9.53 Å². The molecule has 5 nitrogen and oxygen atoms in total. The minimum atomic E-state index is -0.673. The van der Waals surface area contributed by atoms with Gasteiger partial charge in [0.2, 0.25) is 0 Å². The number of halogens is 2. The number of anilines is 1. The lowest BCUT2D eigenvalue weighted by Gasteiger charge is -2.08. The lowest BCUT2D eigenvalue weighted by atomic mass is 10.2. The molecule has 2 aromatic rings. The molecule has 1 N–H and O–H groups in total. The lowest BCUT2D eigenvalue weighted by molar-refractivity contribution is -0.119. The fourth-order valence-corrected chi connectivity index (χ4v) is 1.75. The number of aromatic nitrogens is 1. The minimum absolute atomic E-state index is 0.111. The number of hydrogen-bond acceptors (Lipinski definition) is 4. The molecular formula is C15H12ClFN2O3. The normalized spacial score (nSPS) is 10.1. The van der Waals surface area contributed by atoms with Crippen LogP contribution in [0.25, 0.3) is 0 Å². The van der Waals surface area contributed by atoms with E-state index in [0.717, 1.165) is 11.8 Å². The van der Waals surface area contributed by atoms with E-state index in [1.807, 2.05) is 0 Å². The van der Waals surface area contributed by atoms with Gasteiger partial charge in [-0.25, -0.2) is 9.18 Å². The maximum atomic E-state index is 13.1. The summed E-state index contributed by atoms with van der Waals surface area (Å²) in [7, 11) is 0. The lowest BCUT2D eigenvalue weighted by Crippen LogP contribution is -2.21. The zero-order valence-electron chi connectivity index (χ0n) is 11.6. The van der Waals surface area contributed by atoms with Gasteiger partial charge in [-0.2, -0.15) is 0 Å². The number of amides is 1. The van der Waals surface area contributed by atoms with Gasteiger partial charge in [0.1, 0.15) is 5.82 Å². The molecule has 0 aliphatic heterocycles. The zero-order chi connectivity index (χ0) is 16.1. The number of carbonyl (C=O) groups is 2. The summed E-state index contributed by atoms with van der Waals surface area (Å²) in [5, 5.41) is 2.55. The van der Waals surface area contributed by atoms with Gasteiger partial charge in [0.25, 0.3) is 5.91 Å². The van der Waals surface area contributed by atoms with Gasteiger partial charge in [0.05, 0.1) is 16.3 Å². The zero-order valence-corrected chi connectivity index (χ0v) is 12.4. The maximum Gasteiger partial charge on any atom is 0.340 e. The van der Waals surface area contributed by atoms with Crippen molar-refractivity contribution in [3.8, 4) is 0 Å². The highest BCUT2D eigenvalue weighted by Gasteiger charge is 2.12. The Kier molecular flexibility index (Phi) is 5.06. The monoisotopic (exact) mass is 322 g/mol. The third-order valence-electron chi connectivity index (χ3n) is 2.68. The number of hydrogen-bond donors (Lipinski definition) is 1. The highest BCUT2D eigenvalue weighted by atomic mass is 35.5. The van der Waals surface area contributed by atoms with E-state index in [2.05, 4.69) is 10.3 Å². The first kappa shape index (κ1) is 15.9. The average molecular weight is 323 g/mol. The number of ether oxygens (including phenoxy) is 1. The molecule has 1 heterocycles. The SMILES string of the molecule is Cc1ccc(C(=O)OCC(=O)Nc2cc(F)ccc2Cl)cn1. The number of nitrogens with one attached hydrogen (secondary N) is 1. The number of esters is 1. The largest absolute Gasteiger partial charge is 0.452 e. The van der Waals surface area contributed by atoms with Crippen LogP contribution in [0.5, 0.6) is 0 Å². The Bertz CT molecular complexity index is 704. The molecule has 0 atom stereocenters. The van der Waals surface area contributed by atoms with E-state index < -0.39 is 24.3 Å². The van der Waals surface area contributed by atoms with Gasteiger partial charge >= 0.3 is 5.97 Å². The van der Waals surface area contributed by atoms with Gasteiger partial charge in [-0.1, -0.05) is 11.6 Å². The van der Waals surface area contributed by atoms with Crippen LogP contribution in [0.2, 0.25) is 5.02 Å². The van der Waals surface area contributed by atoms with Gasteiger partial charge in [-0.15, -0.1) is 0 Å². The Morgan fingerprint density at radius 2 is 2.09 bits per heavy atom. The summed E-state index contributed by atoms with van der Waals surface area (Å²) >= 11 is 5.82. The Labute approximate surface area is 131 Å². The summed E-state index contributed by atoms with van der Waals surface area (Å²) in [6.07, 6.45) is 1.36. The summed E-state index contributed by atoms with van der Waals surface area (Å²) in [5.74, 6) is -1.84. The van der Waals surface area contributed by atoms with Crippen molar-refractivity contribution in [3.05, 3.63) is 58.6 Å². The second-order valence-electron chi connectivity index (χ2n) is 4.44. The number of nitrogens with zero attached hydrogens (tertiary/aromatic N) is 1. The molecule has 2 rings (SSSR count). The van der Waals surface area contributed by atoms with E-state index in [1.165, 1.54) is 18.3 Å². The van der Waals surface area contributed by atoms with Crippen LogP contribution in [-0.4, -0.2) is 23.5 Å². The molecule has 0 saturated heterocycles. The summed E-state index contributed by atoms with van der Waals surface area (Å²) in [4.78, 5) is 27.3. The van der Waals surface area contributed by atoms with E-state index >= 15 is 0 Å². The fourth-order valence-electron chi connectivity index (χ4n) is 1.58. The first-order valence-corrected chi connectivity index (χ1v) is 6.68. The van der Waals surface area contributed by atoms with Crippen LogP contribution in [0.15, 0.2) is 36.5 Å². The molecule has 0 aliphatic carbocycles. The molecule has 0 unspecified atom stereocenters. The molecule has 0 spiro atoms. The fraction of sp³-hybridized carbons (Fsp3) is 0.133. The Hall–Kier alpha value is -2.47. The molecule has 22 heavy (non-hydrogen) atoms. The van der Waals surface area contributed by atoms with Crippen molar-refractivity contribution >= 4 is 29.2 Å². The molecule has 0 saturated carbocycles. The summed E-state index contributed by atoms with van der Waals surface area (Å²) in [5.41, 5.74) is 1.11. The molecule has 0 bridgehead atoms. The number of carbonyl (C=O) groups excluding carboxylic acids is 2. The predicted molar refractivity (Wildman–Crippen MR) is 79.3 cm³/mol. The van der Waals surface area contributed by atoms with E-state index in [4.69, 9.17) is 16.3 Å². The second kappa shape index (κ2) is 7.00. The highest BCUT2D eigenvalue weighted by Crippen LogP contribution is 2.22. The maximum absolute atomic E-state index is 13.1. The molecule has 0 aliphatic rings. The topological polar surface area (TPSA) is 68.3 Å². The summed E-state index contributed by atoms with van der Waals surface area (Å²) < 4.78 is 17.9. The van der Waals surface area contributed by atoms with Gasteiger partial charge in [-0.05, 0) is 37.3 Å². The van der Waals surface area contributed by atoms with Crippen LogP contribution in [0.1, 0.15) is 16.1 Å². The third kappa shape index (κ3) is 4.26. The number of benzene rings is 1. The Balaban J connectivity index is 1.91. The van der Waals surface area contributed by atoms with Crippen LogP contribution in [0.4, 0.5) is 10.1 Å². The first-order valence-electron chi connectivity index (χ1n) is 6.30. The van der Waals surface area contributed by atoms with Gasteiger partial charge in [0.15, 0.2) is 6.61 Å². The van der Waals surface area contributed by atoms with Crippen LogP contribution >= 0.6 is 11.6 Å². The number of aryl methyl sites for hydroxylation is 1. The van der Waals surface area contributed by atoms with Gasteiger partial charge in [-0.3, -0.25) is 9.78 Å². The average Bonchev–Trinajstić information content (AvgIpc) is 2.49. The first-order chi connectivity index (χ1) is 10.5. The minimum Gasteiger partial charge on any atom is -0.452 e. The smallest absolute Gasteiger partial charge is 0.340 e. The number of rotatable bonds is 4. The van der Waals surface area contributed by atoms with Gasteiger partial charge in [0, 0.05) is 11.9 Å². The van der Waals surface area contributed by atoms with Crippen LogP contribution < -0.4 is 5.32 Å². The molecular weight excluding hydrogens is 311 g/mol. The Morgan fingerprint density at radius 3 is 2.77 bits per heavy atom. The van der Waals surface area contributed by atoms with E-state index in [1.54, 1.807) is 19.1 Å². The third-order valence-corrected chi connectivity index (χ3v) is 3.01. The molecule has 114 valence electrons. The summed E-state index contributed by atoms with van der Waals surface area (Å²) in [6.45, 7) is 1.27. The quantitative estimate of drug-likeness (QED) is 0.879. The molecule has 0 fully saturated rings. The van der Waals surface area contributed by atoms with Crippen molar-refractivity contribution in [1.29, 1.82) is 0 Å². The standard InChI is InChI=1S/C15H12ClFN2O3/c1-9-2-3-10(7-18-9)15(21)22-8-14(20)19-13-6-11(17)4-5-12(13)16/h2-7H,8H2,1H3,(H,19,20). The molecule has 1 aromatic carbocycles. The van der Waals surface area contributed by atoms with Gasteiger partial charge < -0.3 is 10.1 Å². The van der Waals surface area contributed by atoms with Crippen molar-refractivity contribution in [1.82, 2.24) is 4.98 Å². The Morgan fingerprint density at radius 1 is 1.32 bits per heavy atom. The predicted octanol–water partition coefficient (Wildman–Crippen LogP) is 2.98. The molecule has 0 radical (unpaired) electrons. The van der Waals surface area contributed by atoms with Crippen molar-refractivity contribution in [2.24, 2.45) is 0 Å². The van der Waals surface area contributed by atoms with Crippen molar-refractivity contribution < 1.29 is 18.7 Å². The van der Waals surface area contributed by atoms with Crippen LogP contribution in [0, 0.1) is 12.7 Å². The second-order valence-corrected chi connectivity index (χ2v) is 4.84. The molecule has 7 heteroatoms. The highest BCUT2D eigenvalue weighted by molar-refractivity contribution is 6.33. The van der Waals surface area contributed by atoms with E-state index in [0.29, 0.717) is 0 Å². The van der Waals surface area contributed by atoms with E-state index in [-0.39, 0.29) is 16.3 Å². The van der Waals surface area contributed by atoms with Crippen molar-refractivity contribution in [2.45, 2.75) is 6.92 Å². The summed E-state index contributed by atoms with van der Waals surface area (Å²) in [6, 6.07) is 6.76. The molecule has 1 aromatic heterocycles. The van der Waals surface area contributed by atoms with Crippen molar-refractivity contribution in [2.75, 3.05) is 11.9 Å². The number of pyridine rings is 1. The van der Waals surface area contributed by atoms with Crippen LogP contribution in [0.3, 0.4) is 0 Å². The molecule has 1 amide bonds. The van der Waals surface area contributed by atoms with Crippen molar-refractivity contribution in [3.63, 3.8) is 0 Å². The van der Waals surface area contributed by atoms with E-state index in [9.17, 15) is 14.0 Å².